The van der Waals surface area contributed by atoms with E-state index in [1.54, 1.807) is 21.4 Å². The van der Waals surface area contributed by atoms with Crippen LogP contribution in [0.25, 0.3) is 22.2 Å². The quantitative estimate of drug-likeness (QED) is 0.121. The van der Waals surface area contributed by atoms with Crippen LogP contribution in [0.4, 0.5) is 11.8 Å². The van der Waals surface area contributed by atoms with Crippen molar-refractivity contribution < 1.29 is 37.1 Å². The van der Waals surface area contributed by atoms with Crippen molar-refractivity contribution in [3.63, 3.8) is 0 Å². The molecule has 6 N–H and O–H groups in total. The molecule has 21 heteroatoms. The van der Waals surface area contributed by atoms with Gasteiger partial charge in [-0.25, -0.2) is 19.5 Å². The second kappa shape index (κ2) is 11.7. The Balaban J connectivity index is 1.08. The molecule has 42 heavy (non-hydrogen) atoms. The highest BCUT2D eigenvalue weighted by Gasteiger charge is 2.40. The second-order valence-corrected chi connectivity index (χ2v) is 13.4. The van der Waals surface area contributed by atoms with E-state index in [2.05, 4.69) is 37.2 Å². The Labute approximate surface area is 242 Å². The van der Waals surface area contributed by atoms with E-state index >= 15 is 0 Å². The van der Waals surface area contributed by atoms with Gasteiger partial charge >= 0.3 is 15.1 Å². The van der Waals surface area contributed by atoms with Gasteiger partial charge in [0.2, 0.25) is 5.95 Å². The molecule has 4 aromatic heterocycles. The predicted octanol–water partition coefficient (Wildman–Crippen LogP) is 1.53. The van der Waals surface area contributed by atoms with Crippen molar-refractivity contribution in [2.24, 2.45) is 0 Å². The Kier molecular flexibility index (Phi) is 8.12. The standard InChI is InChI=1S/C21H27N9O9P2S/c22-17-11-3-4-29(18(11)25-8-24-17)15-5-12(13(38-15)7-36-41(33,34)42)39-40(32)35-6-10-1-2-14(37-10)30-9-26-16-19(30)27-21(23)28-20(16)31/h3-4,8-10,12-15,40H,1-2,5-7H2,(H2,22,24,25)(H2,33,34,42)(H3,23,27,28,31)/t10-,12?,13?,14+,15+/m0/s1. The Morgan fingerprint density at radius 3 is 2.81 bits per heavy atom. The molecule has 0 aliphatic carbocycles. The zero-order valence-electron chi connectivity index (χ0n) is 21.7. The van der Waals surface area contributed by atoms with Gasteiger partial charge in [0.15, 0.2) is 11.2 Å². The maximum atomic E-state index is 12.9. The van der Waals surface area contributed by atoms with Crippen LogP contribution in [-0.2, 0) is 32.2 Å². The molecular weight excluding hydrogens is 616 g/mol. The van der Waals surface area contributed by atoms with Gasteiger partial charge in [-0.05, 0) is 18.9 Å². The number of imidazole rings is 1. The molecule has 0 saturated carbocycles. The van der Waals surface area contributed by atoms with Crippen LogP contribution in [0.15, 0.2) is 29.7 Å². The van der Waals surface area contributed by atoms with Gasteiger partial charge in [-0.1, -0.05) is 12.2 Å². The van der Waals surface area contributed by atoms with Crippen molar-refractivity contribution in [1.29, 1.82) is 0 Å². The van der Waals surface area contributed by atoms with E-state index < -0.39 is 51.4 Å². The molecule has 18 nitrogen and oxygen atoms in total. The molecule has 4 unspecified atom stereocenters. The number of H-pyrrole nitrogens is 1. The third kappa shape index (κ3) is 6.10. The highest BCUT2D eigenvalue weighted by atomic mass is 32.7. The summed E-state index contributed by atoms with van der Waals surface area (Å²) in [7, 11) is -3.07. The number of nitrogen functional groups attached to an aromatic ring is 2. The first-order valence-corrected chi connectivity index (χ1v) is 16.6. The molecular formula is C21H27N9O9P2S. The summed E-state index contributed by atoms with van der Waals surface area (Å²) in [4.78, 5) is 40.4. The van der Waals surface area contributed by atoms with Crippen molar-refractivity contribution in [3.05, 3.63) is 35.3 Å². The maximum absolute atomic E-state index is 12.9. The van der Waals surface area contributed by atoms with Crippen LogP contribution in [-0.4, -0.2) is 70.5 Å². The van der Waals surface area contributed by atoms with E-state index in [0.717, 1.165) is 0 Å². The van der Waals surface area contributed by atoms with Crippen LogP contribution in [0.1, 0.15) is 31.7 Å². The summed E-state index contributed by atoms with van der Waals surface area (Å²) < 4.78 is 56.1. The largest absolute Gasteiger partial charge is 0.383 e. The van der Waals surface area contributed by atoms with Gasteiger partial charge in [-0.2, -0.15) is 4.98 Å². The van der Waals surface area contributed by atoms with Gasteiger partial charge in [0.1, 0.15) is 36.4 Å². The van der Waals surface area contributed by atoms with Gasteiger partial charge in [-0.15, -0.1) is 0 Å². The maximum Gasteiger partial charge on any atom is 0.383 e. The molecule has 0 bridgehead atoms. The van der Waals surface area contributed by atoms with E-state index in [4.69, 9.17) is 34.5 Å². The lowest BCUT2D eigenvalue weighted by atomic mass is 10.2. The number of nitrogens with zero attached hydrogens (tertiary/aromatic N) is 6. The van der Waals surface area contributed by atoms with Gasteiger partial charge < -0.3 is 39.4 Å². The normalized spacial score (nSPS) is 26.7. The SMILES string of the molecule is Nc1nc2c(ncn2[C@H]2CC[C@@H](CO[PH](=O)OC3C[C@H](n4ccc5c(N)ncnc54)OC3COP(=O)(O)S)O2)c(=O)[nH]1. The van der Waals surface area contributed by atoms with Crippen LogP contribution in [0.2, 0.25) is 0 Å². The number of ether oxygens (including phenoxy) is 2. The van der Waals surface area contributed by atoms with Crippen LogP contribution in [0.5, 0.6) is 0 Å². The summed E-state index contributed by atoms with van der Waals surface area (Å²) in [6.45, 7) is -4.50. The van der Waals surface area contributed by atoms with E-state index in [-0.39, 0.29) is 31.1 Å². The van der Waals surface area contributed by atoms with Crippen LogP contribution >= 0.6 is 27.3 Å². The number of aromatic amines is 1. The first-order valence-electron chi connectivity index (χ1n) is 12.7. The molecule has 0 spiro atoms. The number of nitrogens with one attached hydrogen (secondary N) is 1. The molecule has 4 aromatic rings. The van der Waals surface area contributed by atoms with E-state index in [1.807, 2.05) is 0 Å². The predicted molar refractivity (Wildman–Crippen MR) is 151 cm³/mol. The Hall–Kier alpha value is -2.86. The van der Waals surface area contributed by atoms with E-state index in [1.165, 1.54) is 12.7 Å². The smallest absolute Gasteiger partial charge is 0.383 e. The molecule has 0 aromatic carbocycles. The van der Waals surface area contributed by atoms with Crippen molar-refractivity contribution in [3.8, 4) is 0 Å². The highest BCUT2D eigenvalue weighted by molar-refractivity contribution is 8.44. The van der Waals surface area contributed by atoms with E-state index in [9.17, 15) is 18.8 Å². The van der Waals surface area contributed by atoms with Crippen molar-refractivity contribution >= 4 is 61.3 Å². The number of anilines is 2. The average Bonchev–Trinajstić information content (AvgIpc) is 3.71. The average molecular weight is 644 g/mol. The number of rotatable bonds is 10. The van der Waals surface area contributed by atoms with Crippen molar-refractivity contribution in [2.45, 2.75) is 50.0 Å². The summed E-state index contributed by atoms with van der Waals surface area (Å²) in [5.74, 6) is 0.258. The van der Waals surface area contributed by atoms with E-state index in [0.29, 0.717) is 35.3 Å². The minimum atomic E-state index is -4.12. The molecule has 0 amide bonds. The summed E-state index contributed by atoms with van der Waals surface area (Å²) in [6, 6.07) is 1.74. The van der Waals surface area contributed by atoms with Crippen LogP contribution < -0.4 is 17.0 Å². The molecule has 226 valence electrons. The molecule has 0 radical (unpaired) electrons. The molecule has 2 saturated heterocycles. The number of thiol groups is 1. The van der Waals surface area contributed by atoms with Crippen molar-refractivity contribution in [2.75, 3.05) is 24.7 Å². The number of nitrogens with two attached hydrogens (primary N) is 2. The fraction of sp³-hybridized carbons (Fsp3) is 0.476. The lowest BCUT2D eigenvalue weighted by Gasteiger charge is -2.20. The summed E-state index contributed by atoms with van der Waals surface area (Å²) in [6.07, 6.45) is 2.61. The lowest BCUT2D eigenvalue weighted by molar-refractivity contribution is -0.0383. The van der Waals surface area contributed by atoms with Gasteiger partial charge in [0.05, 0.1) is 37.1 Å². The summed E-state index contributed by atoms with van der Waals surface area (Å²) in [5.41, 5.74) is 12.1. The fourth-order valence-electron chi connectivity index (χ4n) is 5.03. The first kappa shape index (κ1) is 29.2. The highest BCUT2D eigenvalue weighted by Crippen LogP contribution is 2.48. The van der Waals surface area contributed by atoms with Gasteiger partial charge in [-0.3, -0.25) is 23.4 Å². The summed E-state index contributed by atoms with van der Waals surface area (Å²) in [5, 5.41) is 0.620. The Morgan fingerprint density at radius 2 is 2.00 bits per heavy atom. The Bertz CT molecular complexity index is 1740. The third-order valence-corrected chi connectivity index (χ3v) is 8.65. The van der Waals surface area contributed by atoms with Crippen LogP contribution in [0.3, 0.4) is 0 Å². The topological polar surface area (TPSA) is 247 Å². The molecule has 2 fully saturated rings. The number of fused-ring (bicyclic) bond motifs is 2. The number of hydrogen-bond acceptors (Lipinski definition) is 14. The minimum absolute atomic E-state index is 0.0316. The first-order chi connectivity index (χ1) is 20.1. The zero-order valence-corrected chi connectivity index (χ0v) is 24.5. The third-order valence-electron chi connectivity index (χ3n) is 6.92. The second-order valence-electron chi connectivity index (χ2n) is 9.65. The minimum Gasteiger partial charge on any atom is -0.383 e. The zero-order chi connectivity index (χ0) is 29.6. The molecule has 2 aliphatic heterocycles. The molecule has 7 atom stereocenters. The van der Waals surface area contributed by atoms with Crippen molar-refractivity contribution in [1.82, 2.24) is 34.1 Å². The summed E-state index contributed by atoms with van der Waals surface area (Å²) >= 11 is 3.54. The number of aromatic nitrogens is 7. The lowest BCUT2D eigenvalue weighted by Crippen LogP contribution is -2.27. The number of hydrogen-bond donors (Lipinski definition) is 5. The molecule has 6 heterocycles. The van der Waals surface area contributed by atoms with Gasteiger partial charge in [0, 0.05) is 12.6 Å². The van der Waals surface area contributed by atoms with Gasteiger partial charge in [0.25, 0.3) is 5.56 Å². The van der Waals surface area contributed by atoms with Crippen LogP contribution in [0, 0.1) is 0 Å². The Morgan fingerprint density at radius 1 is 1.17 bits per heavy atom. The molecule has 6 rings (SSSR count). The molecule has 2 aliphatic rings. The fourth-order valence-corrected chi connectivity index (χ4v) is 6.45. The monoisotopic (exact) mass is 643 g/mol.